The van der Waals surface area contributed by atoms with E-state index in [2.05, 4.69) is 34.7 Å². The number of aliphatic hydroxyl groups is 1. The molecule has 1 aromatic carbocycles. The van der Waals surface area contributed by atoms with Crippen LogP contribution in [-0.4, -0.2) is 31.6 Å². The molecule has 0 bridgehead atoms. The summed E-state index contributed by atoms with van der Waals surface area (Å²) in [5.41, 5.74) is 0.244. The summed E-state index contributed by atoms with van der Waals surface area (Å²) in [7, 11) is 0. The number of anilines is 1. The van der Waals surface area contributed by atoms with Crippen molar-refractivity contribution in [3.05, 3.63) is 42.1 Å². The Morgan fingerprint density at radius 3 is 2.53 bits per heavy atom. The Hall–Kier alpha value is -1.79. The molecule has 30 heavy (non-hydrogen) atoms. The molecule has 2 aliphatic carbocycles. The van der Waals surface area contributed by atoms with E-state index in [1.165, 1.54) is 43.4 Å². The standard InChI is InChI=1S/C24H33N3O2S/c1-24(2,29)16-27-14-13-22(26-27)25-23(28)21(15-17-5-3-4-6-17)18-7-9-19(10-8-18)30-20-11-12-20/h7-10,13-14,17,20-21,29H,3-6,11-12,15-16H2,1-2H3,(H,25,26,28). The molecule has 2 aliphatic rings. The molecule has 2 fully saturated rings. The lowest BCUT2D eigenvalue weighted by molar-refractivity contribution is -0.118. The predicted octanol–water partition coefficient (Wildman–Crippen LogP) is 5.21. The minimum atomic E-state index is -0.849. The number of nitrogens with one attached hydrogen (secondary N) is 1. The lowest BCUT2D eigenvalue weighted by Gasteiger charge is -2.20. The van der Waals surface area contributed by atoms with Crippen LogP contribution in [0.25, 0.3) is 0 Å². The molecule has 6 heteroatoms. The summed E-state index contributed by atoms with van der Waals surface area (Å²) in [6.45, 7) is 3.87. The van der Waals surface area contributed by atoms with E-state index in [0.29, 0.717) is 18.3 Å². The molecular weight excluding hydrogens is 394 g/mol. The first kappa shape index (κ1) is 21.4. The molecular formula is C24H33N3O2S. The van der Waals surface area contributed by atoms with Gasteiger partial charge >= 0.3 is 0 Å². The second kappa shape index (κ2) is 9.15. The average molecular weight is 428 g/mol. The number of benzene rings is 1. The van der Waals surface area contributed by atoms with Gasteiger partial charge in [0.1, 0.15) is 0 Å². The fourth-order valence-electron chi connectivity index (χ4n) is 4.26. The maximum Gasteiger partial charge on any atom is 0.233 e. The first-order valence-corrected chi connectivity index (χ1v) is 12.1. The second-order valence-corrected chi connectivity index (χ2v) is 10.9. The van der Waals surface area contributed by atoms with E-state index in [1.54, 1.807) is 30.8 Å². The van der Waals surface area contributed by atoms with Crippen LogP contribution in [0.1, 0.15) is 70.3 Å². The summed E-state index contributed by atoms with van der Waals surface area (Å²) in [6.07, 6.45) is 10.3. The van der Waals surface area contributed by atoms with Gasteiger partial charge in [-0.1, -0.05) is 37.8 Å². The van der Waals surface area contributed by atoms with E-state index in [0.717, 1.165) is 17.2 Å². The minimum Gasteiger partial charge on any atom is -0.389 e. The molecule has 1 amide bonds. The molecule has 0 saturated heterocycles. The Kier molecular flexibility index (Phi) is 6.54. The molecule has 1 heterocycles. The van der Waals surface area contributed by atoms with Gasteiger partial charge in [-0.05, 0) is 56.7 Å². The lowest BCUT2D eigenvalue weighted by atomic mass is 9.87. The largest absolute Gasteiger partial charge is 0.389 e. The Morgan fingerprint density at radius 1 is 1.20 bits per heavy atom. The van der Waals surface area contributed by atoms with E-state index >= 15 is 0 Å². The zero-order chi connectivity index (χ0) is 21.1. The summed E-state index contributed by atoms with van der Waals surface area (Å²) in [5.74, 6) is 1.01. The molecule has 0 aliphatic heterocycles. The summed E-state index contributed by atoms with van der Waals surface area (Å²) in [6, 6.07) is 10.4. The molecule has 0 spiro atoms. The quantitative estimate of drug-likeness (QED) is 0.576. The number of rotatable bonds is 9. The molecule has 4 rings (SSSR count). The highest BCUT2D eigenvalue weighted by Crippen LogP contribution is 2.40. The van der Waals surface area contributed by atoms with Crippen molar-refractivity contribution in [3.8, 4) is 0 Å². The first-order valence-electron chi connectivity index (χ1n) is 11.2. The van der Waals surface area contributed by atoms with Crippen molar-refractivity contribution in [1.82, 2.24) is 9.78 Å². The van der Waals surface area contributed by atoms with E-state index in [9.17, 15) is 9.90 Å². The molecule has 2 aromatic rings. The van der Waals surface area contributed by atoms with Crippen LogP contribution in [-0.2, 0) is 11.3 Å². The smallest absolute Gasteiger partial charge is 0.233 e. The van der Waals surface area contributed by atoms with Crippen LogP contribution < -0.4 is 5.32 Å². The van der Waals surface area contributed by atoms with Crippen LogP contribution in [0.5, 0.6) is 0 Å². The van der Waals surface area contributed by atoms with Crippen LogP contribution in [0.3, 0.4) is 0 Å². The Morgan fingerprint density at radius 2 is 1.90 bits per heavy atom. The lowest BCUT2D eigenvalue weighted by Crippen LogP contribution is -2.27. The topological polar surface area (TPSA) is 67.2 Å². The third-order valence-corrected chi connectivity index (χ3v) is 7.26. The zero-order valence-electron chi connectivity index (χ0n) is 18.0. The highest BCUT2D eigenvalue weighted by molar-refractivity contribution is 8.00. The monoisotopic (exact) mass is 427 g/mol. The van der Waals surface area contributed by atoms with Gasteiger partial charge in [-0.25, -0.2) is 0 Å². The molecule has 5 nitrogen and oxygen atoms in total. The number of nitrogens with zero attached hydrogens (tertiary/aromatic N) is 2. The summed E-state index contributed by atoms with van der Waals surface area (Å²) >= 11 is 1.95. The van der Waals surface area contributed by atoms with Gasteiger partial charge in [0.25, 0.3) is 0 Å². The van der Waals surface area contributed by atoms with Crippen molar-refractivity contribution < 1.29 is 9.90 Å². The van der Waals surface area contributed by atoms with Crippen LogP contribution in [0.2, 0.25) is 0 Å². The van der Waals surface area contributed by atoms with Crippen molar-refractivity contribution in [2.24, 2.45) is 5.92 Å². The van der Waals surface area contributed by atoms with E-state index in [1.807, 2.05) is 11.8 Å². The maximum absolute atomic E-state index is 13.3. The average Bonchev–Trinajstić information content (AvgIpc) is 3.15. The third kappa shape index (κ3) is 6.11. The van der Waals surface area contributed by atoms with Crippen LogP contribution >= 0.6 is 11.8 Å². The van der Waals surface area contributed by atoms with Gasteiger partial charge in [0.05, 0.1) is 18.1 Å². The maximum atomic E-state index is 13.3. The summed E-state index contributed by atoms with van der Waals surface area (Å²) < 4.78 is 1.67. The highest BCUT2D eigenvalue weighted by atomic mass is 32.2. The highest BCUT2D eigenvalue weighted by Gasteiger charge is 2.28. The van der Waals surface area contributed by atoms with Crippen LogP contribution in [0.4, 0.5) is 5.82 Å². The first-order chi connectivity index (χ1) is 14.4. The van der Waals surface area contributed by atoms with Gasteiger partial charge in [-0.2, -0.15) is 5.10 Å². The van der Waals surface area contributed by atoms with Gasteiger partial charge in [0.2, 0.25) is 5.91 Å². The van der Waals surface area contributed by atoms with Crippen LogP contribution in [0.15, 0.2) is 41.4 Å². The number of thioether (sulfide) groups is 1. The predicted molar refractivity (Wildman–Crippen MR) is 122 cm³/mol. The number of aromatic nitrogens is 2. The summed E-state index contributed by atoms with van der Waals surface area (Å²) in [4.78, 5) is 14.6. The van der Waals surface area contributed by atoms with Crippen LogP contribution in [0, 0.1) is 5.92 Å². The molecule has 0 radical (unpaired) electrons. The zero-order valence-corrected chi connectivity index (χ0v) is 18.8. The molecule has 1 atom stereocenters. The normalized spacial score (nSPS) is 18.5. The number of hydrogen-bond acceptors (Lipinski definition) is 4. The van der Waals surface area contributed by atoms with E-state index < -0.39 is 5.60 Å². The van der Waals surface area contributed by atoms with Gasteiger partial charge < -0.3 is 10.4 Å². The molecule has 2 saturated carbocycles. The molecule has 1 unspecified atom stereocenters. The Labute approximate surface area is 183 Å². The fraction of sp³-hybridized carbons (Fsp3) is 0.583. The third-order valence-electron chi connectivity index (χ3n) is 5.91. The number of carbonyl (C=O) groups is 1. The molecule has 1 aromatic heterocycles. The second-order valence-electron chi connectivity index (χ2n) is 9.53. The SMILES string of the molecule is CC(C)(O)Cn1ccc(NC(=O)C(CC2CCCC2)c2ccc(SC3CC3)cc2)n1. The number of carbonyl (C=O) groups excluding carboxylic acids is 1. The van der Waals surface area contributed by atoms with Gasteiger partial charge in [0, 0.05) is 22.4 Å². The van der Waals surface area contributed by atoms with E-state index in [-0.39, 0.29) is 11.8 Å². The van der Waals surface area contributed by atoms with Crippen molar-refractivity contribution >= 4 is 23.5 Å². The van der Waals surface area contributed by atoms with Crippen molar-refractivity contribution in [3.63, 3.8) is 0 Å². The number of hydrogen-bond donors (Lipinski definition) is 2. The summed E-state index contributed by atoms with van der Waals surface area (Å²) in [5, 5.41) is 18.2. The van der Waals surface area contributed by atoms with Gasteiger partial charge in [0.15, 0.2) is 5.82 Å². The van der Waals surface area contributed by atoms with Crippen molar-refractivity contribution in [2.75, 3.05) is 5.32 Å². The minimum absolute atomic E-state index is 0.0120. The van der Waals surface area contributed by atoms with Gasteiger partial charge in [-0.15, -0.1) is 11.8 Å². The molecule has 2 N–H and O–H groups in total. The molecule has 162 valence electrons. The Bertz CT molecular complexity index is 846. The fourth-order valence-corrected chi connectivity index (χ4v) is 5.31. The van der Waals surface area contributed by atoms with Gasteiger partial charge in [-0.3, -0.25) is 9.48 Å². The van der Waals surface area contributed by atoms with Crippen molar-refractivity contribution in [2.45, 2.75) is 87.0 Å². The Balaban J connectivity index is 1.46. The number of amides is 1. The van der Waals surface area contributed by atoms with E-state index in [4.69, 9.17) is 0 Å². The van der Waals surface area contributed by atoms with Crippen molar-refractivity contribution in [1.29, 1.82) is 0 Å².